The first kappa shape index (κ1) is 19.4. The van der Waals surface area contributed by atoms with Crippen LogP contribution in [0.3, 0.4) is 0 Å². The van der Waals surface area contributed by atoms with Crippen molar-refractivity contribution < 1.29 is 31.4 Å². The number of aliphatic hydroxyl groups is 2. The second-order valence-corrected chi connectivity index (χ2v) is 7.91. The fraction of sp³-hybridized carbons (Fsp3) is 0.294. The molecular formula is C17H22ClINO2+. The Morgan fingerprint density at radius 1 is 0.909 bits per heavy atom. The summed E-state index contributed by atoms with van der Waals surface area (Å²) in [5.41, 5.74) is 0. The zero-order valence-corrected chi connectivity index (χ0v) is 15.5. The van der Waals surface area contributed by atoms with Crippen LogP contribution in [-0.2, 0) is 0 Å². The molecule has 5 heteroatoms. The van der Waals surface area contributed by atoms with Crippen LogP contribution in [0.1, 0.15) is 0 Å². The average Bonchev–Trinajstić information content (AvgIpc) is 2.52. The molecule has 0 unspecified atom stereocenters. The van der Waals surface area contributed by atoms with Crippen LogP contribution in [-0.4, -0.2) is 48.5 Å². The summed E-state index contributed by atoms with van der Waals surface area (Å²) in [6, 6.07) is 18.6. The minimum absolute atomic E-state index is 0.125. The van der Waals surface area contributed by atoms with Crippen LogP contribution in [0.2, 0.25) is 5.02 Å². The van der Waals surface area contributed by atoms with Gasteiger partial charge in [-0.05, 0) is 31.3 Å². The minimum atomic E-state index is -0.125. The normalized spacial score (nSPS) is 10.2. The molecular weight excluding hydrogens is 413 g/mol. The van der Waals surface area contributed by atoms with Crippen LogP contribution in [0, 0.1) is 7.14 Å². The van der Waals surface area contributed by atoms with Gasteiger partial charge in [0.25, 0.3) is 0 Å². The molecule has 0 aliphatic heterocycles. The van der Waals surface area contributed by atoms with Crippen molar-refractivity contribution in [1.29, 1.82) is 0 Å². The van der Waals surface area contributed by atoms with E-state index in [-0.39, 0.29) is 34.4 Å². The van der Waals surface area contributed by atoms with Crippen molar-refractivity contribution in [1.82, 2.24) is 4.90 Å². The molecule has 0 radical (unpaired) electrons. The average molecular weight is 435 g/mol. The van der Waals surface area contributed by atoms with Gasteiger partial charge >= 0.3 is 21.2 Å². The second-order valence-electron chi connectivity index (χ2n) is 4.55. The van der Waals surface area contributed by atoms with Crippen LogP contribution in [0.4, 0.5) is 0 Å². The Bertz CT molecular complexity index is 519. The van der Waals surface area contributed by atoms with Crippen LogP contribution in [0.15, 0.2) is 54.6 Å². The number of halogens is 2. The summed E-state index contributed by atoms with van der Waals surface area (Å²) in [6.45, 7) is 1.61. The van der Waals surface area contributed by atoms with Gasteiger partial charge in [-0.3, -0.25) is 0 Å². The Labute approximate surface area is 147 Å². The molecule has 0 aliphatic rings. The Morgan fingerprint density at radius 2 is 1.45 bits per heavy atom. The summed E-state index contributed by atoms with van der Waals surface area (Å²) < 4.78 is 2.69. The molecule has 0 aliphatic carbocycles. The minimum Gasteiger partial charge on any atom is -0.395 e. The van der Waals surface area contributed by atoms with Gasteiger partial charge in [-0.2, -0.15) is 0 Å². The molecule has 0 saturated heterocycles. The highest BCUT2D eigenvalue weighted by Gasteiger charge is 2.17. The second kappa shape index (κ2) is 11.8. The number of aliphatic hydroxyl groups excluding tert-OH is 2. The first-order valence-corrected chi connectivity index (χ1v) is 9.55. The predicted molar refractivity (Wildman–Crippen MR) is 87.0 cm³/mol. The number of hydrogen-bond acceptors (Lipinski definition) is 3. The summed E-state index contributed by atoms with van der Waals surface area (Å²) in [7, 11) is 1.85. The third kappa shape index (κ3) is 8.10. The van der Waals surface area contributed by atoms with E-state index < -0.39 is 0 Å². The van der Waals surface area contributed by atoms with E-state index in [0.29, 0.717) is 13.1 Å². The third-order valence-electron chi connectivity index (χ3n) is 2.73. The smallest absolute Gasteiger partial charge is 0.359 e. The third-order valence-corrected chi connectivity index (χ3v) is 6.24. The van der Waals surface area contributed by atoms with E-state index in [4.69, 9.17) is 21.8 Å². The van der Waals surface area contributed by atoms with Crippen molar-refractivity contribution in [3.63, 3.8) is 0 Å². The van der Waals surface area contributed by atoms with Crippen LogP contribution in [0.5, 0.6) is 0 Å². The van der Waals surface area contributed by atoms with E-state index in [9.17, 15) is 0 Å². The molecule has 22 heavy (non-hydrogen) atoms. The molecule has 0 amide bonds. The van der Waals surface area contributed by atoms with Gasteiger partial charge in [0.05, 0.1) is 18.2 Å². The lowest BCUT2D eigenvalue weighted by molar-refractivity contribution is -0.597. The number of nitrogens with zero attached hydrogens (tertiary/aromatic N) is 1. The zero-order chi connectivity index (χ0) is 16.2. The van der Waals surface area contributed by atoms with E-state index in [1.54, 1.807) is 0 Å². The van der Waals surface area contributed by atoms with Gasteiger partial charge in [-0.25, -0.2) is 0 Å². The van der Waals surface area contributed by atoms with Crippen molar-refractivity contribution in [2.75, 3.05) is 33.4 Å². The lowest BCUT2D eigenvalue weighted by Crippen LogP contribution is -3.61. The van der Waals surface area contributed by atoms with Crippen molar-refractivity contribution >= 4 is 11.6 Å². The predicted octanol–water partition coefficient (Wildman–Crippen LogP) is -0.629. The first-order valence-electron chi connectivity index (χ1n) is 7.02. The van der Waals surface area contributed by atoms with Crippen LogP contribution >= 0.6 is 11.6 Å². The lowest BCUT2D eigenvalue weighted by atomic mass is 10.4. The Hall–Kier alpha value is -0.660. The van der Waals surface area contributed by atoms with Crippen molar-refractivity contribution in [3.8, 4) is 0 Å². The molecule has 2 rings (SSSR count). The highest BCUT2D eigenvalue weighted by molar-refractivity contribution is 6.30. The van der Waals surface area contributed by atoms with Gasteiger partial charge in [-0.1, -0.05) is 41.9 Å². The van der Waals surface area contributed by atoms with Crippen molar-refractivity contribution in [3.05, 3.63) is 66.8 Å². The largest absolute Gasteiger partial charge is 0.395 e. The van der Waals surface area contributed by atoms with Gasteiger partial charge in [0.1, 0.15) is 0 Å². The number of hydrogen-bond donors (Lipinski definition) is 2. The standard InChI is InChI=1S/C12H9ClI.C5H13NO2/c13-11-8-4-5-9-12(11)14-10-6-2-1-3-7-10;1-6(2-4-7)3-5-8/h1-9H;7-8H,2-5H2,1H3/q+1;. The summed E-state index contributed by atoms with van der Waals surface area (Å²) in [6.07, 6.45) is 0. The number of benzene rings is 2. The molecule has 2 aromatic rings. The highest BCUT2D eigenvalue weighted by atomic mass is 127. The SMILES string of the molecule is CN(CCO)CCO.Clc1ccccc1[I+]c1ccccc1. The molecule has 0 saturated carbocycles. The highest BCUT2D eigenvalue weighted by Crippen LogP contribution is 2.04. The molecule has 120 valence electrons. The van der Waals surface area contributed by atoms with E-state index in [1.807, 2.05) is 36.2 Å². The van der Waals surface area contributed by atoms with Crippen molar-refractivity contribution in [2.24, 2.45) is 0 Å². The fourth-order valence-corrected chi connectivity index (χ4v) is 4.21. The van der Waals surface area contributed by atoms with Gasteiger partial charge < -0.3 is 15.1 Å². The molecule has 0 fully saturated rings. The maximum Gasteiger partial charge on any atom is 0.359 e. The maximum absolute atomic E-state index is 8.34. The Balaban J connectivity index is 0.000000261. The summed E-state index contributed by atoms with van der Waals surface area (Å²) in [5.74, 6) is 0. The summed E-state index contributed by atoms with van der Waals surface area (Å²) in [4.78, 5) is 1.86. The molecule has 0 atom stereocenters. The maximum atomic E-state index is 8.34. The van der Waals surface area contributed by atoms with Gasteiger partial charge in [-0.15, -0.1) is 0 Å². The quantitative estimate of drug-likeness (QED) is 0.595. The van der Waals surface area contributed by atoms with Gasteiger partial charge in [0, 0.05) is 13.1 Å². The first-order chi connectivity index (χ1) is 10.7. The Kier molecular flexibility index (Phi) is 10.4. The molecule has 3 nitrogen and oxygen atoms in total. The Morgan fingerprint density at radius 3 is 2.00 bits per heavy atom. The zero-order valence-electron chi connectivity index (χ0n) is 12.6. The summed E-state index contributed by atoms with van der Waals surface area (Å²) in [5, 5.41) is 17.6. The van der Waals surface area contributed by atoms with Crippen LogP contribution in [0.25, 0.3) is 0 Å². The monoisotopic (exact) mass is 434 g/mol. The number of rotatable bonds is 6. The molecule has 2 N–H and O–H groups in total. The van der Waals surface area contributed by atoms with E-state index >= 15 is 0 Å². The van der Waals surface area contributed by atoms with Gasteiger partial charge in [0.15, 0.2) is 3.57 Å². The topological polar surface area (TPSA) is 43.7 Å². The van der Waals surface area contributed by atoms with E-state index in [1.165, 1.54) is 7.14 Å². The molecule has 0 spiro atoms. The molecule has 0 heterocycles. The fourth-order valence-electron chi connectivity index (χ4n) is 1.56. The molecule has 2 aromatic carbocycles. The van der Waals surface area contributed by atoms with E-state index in [2.05, 4.69) is 30.3 Å². The van der Waals surface area contributed by atoms with Gasteiger partial charge in [0.2, 0.25) is 3.57 Å². The van der Waals surface area contributed by atoms with E-state index in [0.717, 1.165) is 5.02 Å². The van der Waals surface area contributed by atoms with Crippen LogP contribution < -0.4 is 21.2 Å². The summed E-state index contributed by atoms with van der Waals surface area (Å²) >= 11 is 5.98. The molecule has 0 aromatic heterocycles. The van der Waals surface area contributed by atoms with Crippen molar-refractivity contribution in [2.45, 2.75) is 0 Å². The lowest BCUT2D eigenvalue weighted by Gasteiger charge is -2.11. The number of likely N-dealkylation sites (N-methyl/N-ethyl adjacent to an activating group) is 1. The molecule has 0 bridgehead atoms.